The molecule has 0 N–H and O–H groups in total. The van der Waals surface area contributed by atoms with E-state index in [1.807, 2.05) is 0 Å². The van der Waals surface area contributed by atoms with Crippen LogP contribution in [-0.4, -0.2) is 5.33 Å². The maximum atomic E-state index is 3.48. The Balaban J connectivity index is 3.06. The molecular weight excluding hydrogens is 308 g/mol. The van der Waals surface area contributed by atoms with E-state index in [1.54, 1.807) is 0 Å². The monoisotopic (exact) mass is 342 g/mol. The predicted octanol–water partition coefficient (Wildman–Crippen LogP) is 7.26. The Morgan fingerprint density at radius 1 is 0.550 bits per heavy atom. The highest BCUT2D eigenvalue weighted by atomic mass is 79.9. The maximum absolute atomic E-state index is 3.48. The Hall–Kier alpha value is 0.0400. The van der Waals surface area contributed by atoms with Crippen LogP contribution < -0.4 is 0 Å². The Labute approximate surface area is 136 Å². The Kier molecular flexibility index (Phi) is 19.1. The molecule has 0 atom stereocenters. The zero-order chi connectivity index (χ0) is 14.7. The van der Waals surface area contributed by atoms with Crippen molar-refractivity contribution in [1.29, 1.82) is 0 Å². The minimum Gasteiger partial charge on any atom is -0.103 e. The van der Waals surface area contributed by atoms with Gasteiger partial charge in [0.2, 0.25) is 0 Å². The van der Waals surface area contributed by atoms with E-state index >= 15 is 0 Å². The topological polar surface area (TPSA) is 0 Å². The summed E-state index contributed by atoms with van der Waals surface area (Å²) in [5, 5.41) is 1.16. The van der Waals surface area contributed by atoms with E-state index in [0.29, 0.717) is 0 Å². The molecule has 0 aliphatic heterocycles. The maximum Gasteiger partial charge on any atom is 0.00886 e. The Morgan fingerprint density at radius 3 is 1.40 bits per heavy atom. The third kappa shape index (κ3) is 18.0. The summed E-state index contributed by atoms with van der Waals surface area (Å²) in [7, 11) is 0. The molecule has 0 saturated carbocycles. The van der Waals surface area contributed by atoms with Crippen LogP contribution in [0.5, 0.6) is 0 Å². The van der Waals surface area contributed by atoms with Gasteiger partial charge in [0.25, 0.3) is 0 Å². The van der Waals surface area contributed by atoms with E-state index in [9.17, 15) is 0 Å². The van der Waals surface area contributed by atoms with Gasteiger partial charge in [-0.25, -0.2) is 0 Å². The minimum atomic E-state index is 1.12. The minimum absolute atomic E-state index is 1.12. The average Bonchev–Trinajstić information content (AvgIpc) is 2.47. The molecule has 20 heavy (non-hydrogen) atoms. The van der Waals surface area contributed by atoms with Crippen molar-refractivity contribution >= 4 is 15.9 Å². The molecule has 0 aliphatic rings. The highest BCUT2D eigenvalue weighted by molar-refractivity contribution is 9.09. The van der Waals surface area contributed by atoms with Crippen LogP contribution in [0.25, 0.3) is 0 Å². The van der Waals surface area contributed by atoms with E-state index in [4.69, 9.17) is 0 Å². The summed E-state index contributed by atoms with van der Waals surface area (Å²) >= 11 is 3.48. The predicted molar refractivity (Wildman–Crippen MR) is 96.5 cm³/mol. The lowest BCUT2D eigenvalue weighted by atomic mass is 10.1. The van der Waals surface area contributed by atoms with Gasteiger partial charge in [0.15, 0.2) is 0 Å². The second kappa shape index (κ2) is 19.0. The molecule has 0 saturated heterocycles. The number of rotatable bonds is 14. The molecule has 0 spiro atoms. The fourth-order valence-corrected chi connectivity index (χ4v) is 2.76. The van der Waals surface area contributed by atoms with Crippen LogP contribution in [-0.2, 0) is 0 Å². The van der Waals surface area contributed by atoms with Gasteiger partial charge in [0.1, 0.15) is 0 Å². The van der Waals surface area contributed by atoms with Crippen LogP contribution in [0.1, 0.15) is 103 Å². The standard InChI is InChI=1S/C19H35Br/c1-2-3-4-5-6-7-8-9-10-11-12-13-14-15-16-17-18-19-20/h2-9,12-19H2,1H3. The van der Waals surface area contributed by atoms with Crippen LogP contribution in [0, 0.1) is 11.8 Å². The fraction of sp³-hybridized carbons (Fsp3) is 0.895. The molecule has 0 aromatic heterocycles. The van der Waals surface area contributed by atoms with E-state index < -0.39 is 0 Å². The second-order valence-electron chi connectivity index (χ2n) is 5.79. The van der Waals surface area contributed by atoms with Gasteiger partial charge >= 0.3 is 0 Å². The van der Waals surface area contributed by atoms with Gasteiger partial charge in [-0.05, 0) is 19.3 Å². The van der Waals surface area contributed by atoms with Gasteiger partial charge in [-0.15, -0.1) is 11.8 Å². The molecule has 0 unspecified atom stereocenters. The van der Waals surface area contributed by atoms with Gasteiger partial charge < -0.3 is 0 Å². The highest BCUT2D eigenvalue weighted by Gasteiger charge is 1.90. The smallest absolute Gasteiger partial charge is 0.00886 e. The number of hydrogen-bond acceptors (Lipinski definition) is 0. The normalized spacial score (nSPS) is 10.3. The third-order valence-electron chi connectivity index (χ3n) is 3.72. The zero-order valence-corrected chi connectivity index (χ0v) is 15.3. The summed E-state index contributed by atoms with van der Waals surface area (Å²) in [5.74, 6) is 6.68. The zero-order valence-electron chi connectivity index (χ0n) is 13.7. The molecule has 0 aliphatic carbocycles. The molecule has 0 rings (SSSR count). The molecule has 0 bridgehead atoms. The lowest BCUT2D eigenvalue weighted by molar-refractivity contribution is 0.594. The van der Waals surface area contributed by atoms with Crippen LogP contribution in [0.2, 0.25) is 0 Å². The summed E-state index contributed by atoms with van der Waals surface area (Å²) in [6, 6.07) is 0. The van der Waals surface area contributed by atoms with Crippen LogP contribution in [0.3, 0.4) is 0 Å². The van der Waals surface area contributed by atoms with Gasteiger partial charge in [-0.3, -0.25) is 0 Å². The van der Waals surface area contributed by atoms with Gasteiger partial charge in [-0.1, -0.05) is 87.1 Å². The molecule has 1 heteroatoms. The summed E-state index contributed by atoms with van der Waals surface area (Å²) < 4.78 is 0. The van der Waals surface area contributed by atoms with Crippen molar-refractivity contribution in [3.05, 3.63) is 0 Å². The quantitative estimate of drug-likeness (QED) is 0.177. The van der Waals surface area contributed by atoms with Crippen molar-refractivity contribution in [3.8, 4) is 11.8 Å². The fourth-order valence-electron chi connectivity index (χ4n) is 2.36. The first-order chi connectivity index (χ1) is 9.91. The number of unbranched alkanes of at least 4 members (excludes halogenated alkanes) is 13. The molecule has 0 aromatic rings. The Bertz CT molecular complexity index is 202. The second-order valence-corrected chi connectivity index (χ2v) is 6.58. The number of alkyl halides is 1. The largest absolute Gasteiger partial charge is 0.103 e. The van der Waals surface area contributed by atoms with Crippen LogP contribution in [0.15, 0.2) is 0 Å². The molecule has 0 amide bonds. The van der Waals surface area contributed by atoms with Crippen LogP contribution in [0.4, 0.5) is 0 Å². The first-order valence-electron chi connectivity index (χ1n) is 8.93. The van der Waals surface area contributed by atoms with Crippen molar-refractivity contribution in [1.82, 2.24) is 0 Å². The first kappa shape index (κ1) is 20.0. The van der Waals surface area contributed by atoms with Gasteiger partial charge in [-0.2, -0.15) is 0 Å². The summed E-state index contributed by atoms with van der Waals surface area (Å²) in [5.41, 5.74) is 0. The molecular formula is C19H35Br. The lowest BCUT2D eigenvalue weighted by Gasteiger charge is -1.98. The third-order valence-corrected chi connectivity index (χ3v) is 4.28. The van der Waals surface area contributed by atoms with Crippen LogP contribution >= 0.6 is 15.9 Å². The van der Waals surface area contributed by atoms with Crippen molar-refractivity contribution < 1.29 is 0 Å². The van der Waals surface area contributed by atoms with Gasteiger partial charge in [0, 0.05) is 18.2 Å². The van der Waals surface area contributed by atoms with Crippen molar-refractivity contribution in [2.45, 2.75) is 103 Å². The molecule has 0 nitrogen and oxygen atoms in total. The highest BCUT2D eigenvalue weighted by Crippen LogP contribution is 2.09. The van der Waals surface area contributed by atoms with E-state index in [0.717, 1.165) is 18.2 Å². The van der Waals surface area contributed by atoms with E-state index in [-0.39, 0.29) is 0 Å². The molecule has 118 valence electrons. The average molecular weight is 343 g/mol. The summed E-state index contributed by atoms with van der Waals surface area (Å²) in [6.45, 7) is 2.28. The SMILES string of the molecule is CCCCCCCCCC#CCCCCCCCCBr. The van der Waals surface area contributed by atoms with E-state index in [2.05, 4.69) is 34.7 Å². The summed E-state index contributed by atoms with van der Waals surface area (Å²) in [4.78, 5) is 0. The van der Waals surface area contributed by atoms with Crippen molar-refractivity contribution in [3.63, 3.8) is 0 Å². The molecule has 0 heterocycles. The molecule has 0 aromatic carbocycles. The summed E-state index contributed by atoms with van der Waals surface area (Å²) in [6.07, 6.45) is 20.2. The number of hydrogen-bond donors (Lipinski definition) is 0. The van der Waals surface area contributed by atoms with E-state index in [1.165, 1.54) is 83.5 Å². The van der Waals surface area contributed by atoms with Crippen molar-refractivity contribution in [2.75, 3.05) is 5.33 Å². The Morgan fingerprint density at radius 2 is 0.950 bits per heavy atom. The van der Waals surface area contributed by atoms with Crippen molar-refractivity contribution in [2.24, 2.45) is 0 Å². The first-order valence-corrected chi connectivity index (χ1v) is 10.1. The molecule has 0 fully saturated rings. The lowest BCUT2D eigenvalue weighted by Crippen LogP contribution is -1.80. The molecule has 0 radical (unpaired) electrons. The number of halogens is 1. The van der Waals surface area contributed by atoms with Gasteiger partial charge in [0.05, 0.1) is 0 Å².